The molecule has 17 heavy (non-hydrogen) atoms. The second kappa shape index (κ2) is 6.25. The number of benzene rings is 1. The van der Waals surface area contributed by atoms with Crippen molar-refractivity contribution in [2.24, 2.45) is 5.73 Å². The molecule has 0 spiro atoms. The van der Waals surface area contributed by atoms with Crippen LogP contribution in [0, 0.1) is 13.8 Å². The molecular weight excluding hydrogens is 216 g/mol. The number of aryl methyl sites for hydroxylation is 2. The van der Waals surface area contributed by atoms with Crippen LogP contribution in [0.1, 0.15) is 18.1 Å². The molecule has 4 heteroatoms. The van der Waals surface area contributed by atoms with Gasteiger partial charge < -0.3 is 15.8 Å². The maximum Gasteiger partial charge on any atom is 0.236 e. The van der Waals surface area contributed by atoms with Gasteiger partial charge in [-0.25, -0.2) is 0 Å². The zero-order valence-corrected chi connectivity index (χ0v) is 10.6. The molecule has 0 aliphatic rings. The Morgan fingerprint density at radius 1 is 1.47 bits per heavy atom. The van der Waals surface area contributed by atoms with Crippen molar-refractivity contribution in [1.82, 2.24) is 5.32 Å². The predicted molar refractivity (Wildman–Crippen MR) is 68.1 cm³/mol. The number of hydrogen-bond acceptors (Lipinski definition) is 3. The molecule has 0 aliphatic carbocycles. The first-order valence-corrected chi connectivity index (χ1v) is 5.74. The van der Waals surface area contributed by atoms with Crippen molar-refractivity contribution in [2.75, 3.05) is 13.2 Å². The third-order valence-corrected chi connectivity index (χ3v) is 2.42. The lowest BCUT2D eigenvalue weighted by Crippen LogP contribution is -2.40. The van der Waals surface area contributed by atoms with Crippen LogP contribution in [0.5, 0.6) is 5.75 Å². The van der Waals surface area contributed by atoms with Gasteiger partial charge in [0, 0.05) is 0 Å². The topological polar surface area (TPSA) is 64.3 Å². The number of carbonyl (C=O) groups is 1. The zero-order chi connectivity index (χ0) is 12.8. The fourth-order valence-corrected chi connectivity index (χ4v) is 1.36. The van der Waals surface area contributed by atoms with Crippen molar-refractivity contribution in [1.29, 1.82) is 0 Å². The van der Waals surface area contributed by atoms with Gasteiger partial charge in [0.05, 0.1) is 12.6 Å². The largest absolute Gasteiger partial charge is 0.491 e. The van der Waals surface area contributed by atoms with Gasteiger partial charge in [-0.05, 0) is 38.0 Å². The standard InChI is InChI=1S/C13H20N2O2/c1-9-4-5-10(2)12(8-9)17-7-6-15-13(16)11(3)14/h4-5,8,11H,6-7,14H2,1-3H3,(H,15,16). The Bertz CT molecular complexity index is 389. The second-order valence-corrected chi connectivity index (χ2v) is 4.20. The van der Waals surface area contributed by atoms with Crippen molar-refractivity contribution in [3.05, 3.63) is 29.3 Å². The Morgan fingerprint density at radius 2 is 2.18 bits per heavy atom. The highest BCUT2D eigenvalue weighted by atomic mass is 16.5. The molecule has 0 aromatic heterocycles. The van der Waals surface area contributed by atoms with Gasteiger partial charge in [-0.2, -0.15) is 0 Å². The number of carbonyl (C=O) groups excluding carboxylic acids is 1. The minimum atomic E-state index is -0.476. The lowest BCUT2D eigenvalue weighted by Gasteiger charge is -2.11. The van der Waals surface area contributed by atoms with Crippen LogP contribution in [0.25, 0.3) is 0 Å². The Kier molecular flexibility index (Phi) is 4.97. The maximum absolute atomic E-state index is 11.2. The molecule has 0 saturated heterocycles. The van der Waals surface area contributed by atoms with Gasteiger partial charge in [0.15, 0.2) is 0 Å². The Hall–Kier alpha value is -1.55. The molecule has 1 unspecified atom stereocenters. The first-order valence-electron chi connectivity index (χ1n) is 5.74. The highest BCUT2D eigenvalue weighted by molar-refractivity contribution is 5.80. The average molecular weight is 236 g/mol. The molecule has 0 fully saturated rings. The summed E-state index contributed by atoms with van der Waals surface area (Å²) in [5.41, 5.74) is 7.67. The first kappa shape index (κ1) is 13.5. The van der Waals surface area contributed by atoms with Gasteiger partial charge in [0.25, 0.3) is 0 Å². The minimum Gasteiger partial charge on any atom is -0.491 e. The van der Waals surface area contributed by atoms with E-state index in [1.54, 1.807) is 6.92 Å². The molecule has 1 rings (SSSR count). The van der Waals surface area contributed by atoms with Crippen LogP contribution in [0.15, 0.2) is 18.2 Å². The van der Waals surface area contributed by atoms with E-state index in [2.05, 4.69) is 5.32 Å². The summed E-state index contributed by atoms with van der Waals surface area (Å²) in [6.07, 6.45) is 0. The van der Waals surface area contributed by atoms with Crippen LogP contribution in [0.3, 0.4) is 0 Å². The Balaban J connectivity index is 2.36. The van der Waals surface area contributed by atoms with Crippen molar-refractivity contribution >= 4 is 5.91 Å². The summed E-state index contributed by atoms with van der Waals surface area (Å²) in [5.74, 6) is 0.703. The molecule has 1 aromatic carbocycles. The Labute approximate surface area is 102 Å². The first-order chi connectivity index (χ1) is 8.00. The summed E-state index contributed by atoms with van der Waals surface area (Å²) in [6, 6.07) is 5.57. The third-order valence-electron chi connectivity index (χ3n) is 2.42. The summed E-state index contributed by atoms with van der Waals surface area (Å²) in [5, 5.41) is 2.70. The summed E-state index contributed by atoms with van der Waals surface area (Å²) < 4.78 is 5.59. The lowest BCUT2D eigenvalue weighted by molar-refractivity contribution is -0.122. The molecule has 0 heterocycles. The number of nitrogens with two attached hydrogens (primary N) is 1. The zero-order valence-electron chi connectivity index (χ0n) is 10.6. The van der Waals surface area contributed by atoms with Crippen LogP contribution in [0.2, 0.25) is 0 Å². The van der Waals surface area contributed by atoms with Gasteiger partial charge in [-0.1, -0.05) is 12.1 Å². The average Bonchev–Trinajstić information content (AvgIpc) is 2.28. The number of amides is 1. The summed E-state index contributed by atoms with van der Waals surface area (Å²) in [4.78, 5) is 11.2. The number of ether oxygens (including phenoxy) is 1. The van der Waals surface area contributed by atoms with E-state index in [9.17, 15) is 4.79 Å². The van der Waals surface area contributed by atoms with E-state index in [0.29, 0.717) is 13.2 Å². The van der Waals surface area contributed by atoms with Crippen LogP contribution < -0.4 is 15.8 Å². The van der Waals surface area contributed by atoms with Gasteiger partial charge in [-0.3, -0.25) is 4.79 Å². The lowest BCUT2D eigenvalue weighted by atomic mass is 10.1. The van der Waals surface area contributed by atoms with E-state index in [1.807, 2.05) is 32.0 Å². The molecule has 0 saturated carbocycles. The van der Waals surface area contributed by atoms with Crippen molar-refractivity contribution in [2.45, 2.75) is 26.8 Å². The molecule has 0 aliphatic heterocycles. The van der Waals surface area contributed by atoms with E-state index in [4.69, 9.17) is 10.5 Å². The molecule has 1 atom stereocenters. The molecule has 3 N–H and O–H groups in total. The van der Waals surface area contributed by atoms with Crippen LogP contribution in [0.4, 0.5) is 0 Å². The highest BCUT2D eigenvalue weighted by Gasteiger charge is 2.05. The molecule has 0 radical (unpaired) electrons. The minimum absolute atomic E-state index is 0.158. The predicted octanol–water partition coefficient (Wildman–Crippen LogP) is 1.15. The molecule has 1 amide bonds. The fourth-order valence-electron chi connectivity index (χ4n) is 1.36. The van der Waals surface area contributed by atoms with E-state index >= 15 is 0 Å². The van der Waals surface area contributed by atoms with Crippen molar-refractivity contribution < 1.29 is 9.53 Å². The van der Waals surface area contributed by atoms with Crippen molar-refractivity contribution in [3.8, 4) is 5.75 Å². The van der Waals surface area contributed by atoms with Gasteiger partial charge in [0.2, 0.25) is 5.91 Å². The van der Waals surface area contributed by atoms with Crippen molar-refractivity contribution in [3.63, 3.8) is 0 Å². The normalized spacial score (nSPS) is 12.0. The summed E-state index contributed by atoms with van der Waals surface area (Å²) in [7, 11) is 0. The Morgan fingerprint density at radius 3 is 2.82 bits per heavy atom. The van der Waals surface area contributed by atoms with E-state index in [0.717, 1.165) is 16.9 Å². The molecule has 0 bridgehead atoms. The van der Waals surface area contributed by atoms with E-state index in [1.165, 1.54) is 0 Å². The van der Waals surface area contributed by atoms with Crippen LogP contribution in [-0.4, -0.2) is 25.1 Å². The second-order valence-electron chi connectivity index (χ2n) is 4.20. The monoisotopic (exact) mass is 236 g/mol. The van der Waals surface area contributed by atoms with Gasteiger partial charge in [0.1, 0.15) is 12.4 Å². The van der Waals surface area contributed by atoms with E-state index < -0.39 is 6.04 Å². The van der Waals surface area contributed by atoms with Crippen LogP contribution in [-0.2, 0) is 4.79 Å². The van der Waals surface area contributed by atoms with Gasteiger partial charge in [-0.15, -0.1) is 0 Å². The number of rotatable bonds is 5. The third kappa shape index (κ3) is 4.44. The smallest absolute Gasteiger partial charge is 0.236 e. The SMILES string of the molecule is Cc1ccc(C)c(OCCNC(=O)C(C)N)c1. The molecule has 1 aromatic rings. The quantitative estimate of drug-likeness (QED) is 0.754. The number of nitrogens with one attached hydrogen (secondary N) is 1. The number of hydrogen-bond donors (Lipinski definition) is 2. The van der Waals surface area contributed by atoms with Gasteiger partial charge >= 0.3 is 0 Å². The molecule has 4 nitrogen and oxygen atoms in total. The molecule has 94 valence electrons. The van der Waals surface area contributed by atoms with E-state index in [-0.39, 0.29) is 5.91 Å². The van der Waals surface area contributed by atoms with Crippen LogP contribution >= 0.6 is 0 Å². The maximum atomic E-state index is 11.2. The molecular formula is C13H20N2O2. The summed E-state index contributed by atoms with van der Waals surface area (Å²) in [6.45, 7) is 6.58. The fraction of sp³-hybridized carbons (Fsp3) is 0.462. The summed E-state index contributed by atoms with van der Waals surface area (Å²) >= 11 is 0. The highest BCUT2D eigenvalue weighted by Crippen LogP contribution is 2.18.